The lowest BCUT2D eigenvalue weighted by Crippen LogP contribution is -1.80. The highest BCUT2D eigenvalue weighted by Gasteiger charge is 2.02. The predicted molar refractivity (Wildman–Crippen MR) is 75.2 cm³/mol. The molecule has 0 heterocycles. The van der Waals surface area contributed by atoms with Crippen LogP contribution in [0.4, 0.5) is 5.69 Å². The molecule has 90 valence electrons. The highest BCUT2D eigenvalue weighted by molar-refractivity contribution is 7.98. The smallest absolute Gasteiger partial charge is 0.211 e. The van der Waals surface area contributed by atoms with Crippen molar-refractivity contribution in [3.63, 3.8) is 0 Å². The van der Waals surface area contributed by atoms with Gasteiger partial charge in [0.1, 0.15) is 0 Å². The second kappa shape index (κ2) is 6.41. The maximum Gasteiger partial charge on any atom is 0.240 e. The van der Waals surface area contributed by atoms with Gasteiger partial charge in [0, 0.05) is 15.7 Å². The van der Waals surface area contributed by atoms with Gasteiger partial charge in [0.25, 0.3) is 0 Å². The van der Waals surface area contributed by atoms with E-state index in [-0.39, 0.29) is 0 Å². The molecule has 18 heavy (non-hydrogen) atoms. The zero-order valence-corrected chi connectivity index (χ0v) is 11.0. The number of benzene rings is 2. The van der Waals surface area contributed by atoms with E-state index >= 15 is 0 Å². The summed E-state index contributed by atoms with van der Waals surface area (Å²) >= 11 is 7.46. The summed E-state index contributed by atoms with van der Waals surface area (Å²) in [5, 5.41) is 0.731. The van der Waals surface area contributed by atoms with Crippen LogP contribution in [0.15, 0.2) is 58.4 Å². The number of thioether (sulfide) groups is 1. The SMILES string of the molecule is O=C=Nc1ccccc1SCc1ccc(Cl)cc1. The van der Waals surface area contributed by atoms with Crippen LogP contribution in [0.25, 0.3) is 0 Å². The summed E-state index contributed by atoms with van der Waals surface area (Å²) in [7, 11) is 0. The van der Waals surface area contributed by atoms with Crippen molar-refractivity contribution in [2.24, 2.45) is 4.99 Å². The van der Waals surface area contributed by atoms with Gasteiger partial charge < -0.3 is 0 Å². The van der Waals surface area contributed by atoms with E-state index < -0.39 is 0 Å². The van der Waals surface area contributed by atoms with Crippen LogP contribution in [0.5, 0.6) is 0 Å². The maximum atomic E-state index is 10.3. The van der Waals surface area contributed by atoms with Gasteiger partial charge in [-0.05, 0) is 29.8 Å². The van der Waals surface area contributed by atoms with Gasteiger partial charge in [-0.15, -0.1) is 11.8 Å². The van der Waals surface area contributed by atoms with Gasteiger partial charge in [-0.1, -0.05) is 35.9 Å². The van der Waals surface area contributed by atoms with E-state index in [9.17, 15) is 4.79 Å². The fourth-order valence-electron chi connectivity index (χ4n) is 1.46. The van der Waals surface area contributed by atoms with Crippen molar-refractivity contribution in [2.75, 3.05) is 0 Å². The third-order valence-corrected chi connectivity index (χ3v) is 3.72. The van der Waals surface area contributed by atoms with Crippen LogP contribution in [0.2, 0.25) is 5.02 Å². The molecule has 0 spiro atoms. The predicted octanol–water partition coefficient (Wildman–Crippen LogP) is 4.60. The van der Waals surface area contributed by atoms with Crippen LogP contribution in [-0.4, -0.2) is 6.08 Å². The Kier molecular flexibility index (Phi) is 4.59. The average molecular weight is 276 g/mol. The average Bonchev–Trinajstić information content (AvgIpc) is 2.40. The van der Waals surface area contributed by atoms with Gasteiger partial charge in [0.15, 0.2) is 0 Å². The second-order valence-electron chi connectivity index (χ2n) is 3.59. The molecule has 0 bridgehead atoms. The number of hydrogen-bond acceptors (Lipinski definition) is 3. The lowest BCUT2D eigenvalue weighted by atomic mass is 10.2. The first-order chi connectivity index (χ1) is 8.79. The number of para-hydroxylation sites is 1. The summed E-state index contributed by atoms with van der Waals surface area (Å²) < 4.78 is 0. The lowest BCUT2D eigenvalue weighted by Gasteiger charge is -2.04. The first-order valence-corrected chi connectivity index (χ1v) is 6.70. The molecule has 2 aromatic carbocycles. The van der Waals surface area contributed by atoms with E-state index in [2.05, 4.69) is 4.99 Å². The molecular formula is C14H10ClNOS. The summed E-state index contributed by atoms with van der Waals surface area (Å²) in [5.74, 6) is 0.808. The molecule has 0 fully saturated rings. The molecule has 0 N–H and O–H groups in total. The van der Waals surface area contributed by atoms with E-state index in [1.165, 1.54) is 5.56 Å². The third kappa shape index (κ3) is 3.47. The second-order valence-corrected chi connectivity index (χ2v) is 5.04. The Hall–Kier alpha value is -1.54. The Morgan fingerprint density at radius 2 is 1.83 bits per heavy atom. The lowest BCUT2D eigenvalue weighted by molar-refractivity contribution is 0.565. The molecular weight excluding hydrogens is 266 g/mol. The molecule has 0 aromatic heterocycles. The van der Waals surface area contributed by atoms with Crippen LogP contribution in [0.3, 0.4) is 0 Å². The van der Waals surface area contributed by atoms with Crippen molar-refractivity contribution >= 4 is 35.1 Å². The standard InChI is InChI=1S/C14H10ClNOS/c15-12-7-5-11(6-8-12)9-18-14-4-2-1-3-13(14)16-10-17/h1-8H,9H2. The molecule has 2 nitrogen and oxygen atoms in total. The van der Waals surface area contributed by atoms with Gasteiger partial charge in [-0.25, -0.2) is 4.79 Å². The van der Waals surface area contributed by atoms with Crippen molar-refractivity contribution in [1.29, 1.82) is 0 Å². The minimum absolute atomic E-state index is 0.659. The molecule has 0 saturated heterocycles. The van der Waals surface area contributed by atoms with E-state index in [0.29, 0.717) is 5.69 Å². The fraction of sp³-hybridized carbons (Fsp3) is 0.0714. The van der Waals surface area contributed by atoms with Crippen molar-refractivity contribution < 1.29 is 4.79 Å². The number of aliphatic imine (C=N–C) groups is 1. The third-order valence-electron chi connectivity index (χ3n) is 2.34. The molecule has 0 radical (unpaired) electrons. The molecule has 2 aromatic rings. The zero-order chi connectivity index (χ0) is 12.8. The zero-order valence-electron chi connectivity index (χ0n) is 9.47. The highest BCUT2D eigenvalue weighted by Crippen LogP contribution is 2.31. The fourth-order valence-corrected chi connectivity index (χ4v) is 2.54. The monoisotopic (exact) mass is 275 g/mol. The van der Waals surface area contributed by atoms with Gasteiger partial charge in [-0.2, -0.15) is 4.99 Å². The summed E-state index contributed by atoms with van der Waals surface area (Å²) in [4.78, 5) is 15.0. The molecule has 0 saturated carbocycles. The Morgan fingerprint density at radius 3 is 2.56 bits per heavy atom. The van der Waals surface area contributed by atoms with Crippen LogP contribution in [0.1, 0.15) is 5.56 Å². The van der Waals surface area contributed by atoms with Gasteiger partial charge in [0.2, 0.25) is 6.08 Å². The maximum absolute atomic E-state index is 10.3. The van der Waals surface area contributed by atoms with Gasteiger partial charge in [-0.3, -0.25) is 0 Å². The van der Waals surface area contributed by atoms with Gasteiger partial charge in [0.05, 0.1) is 5.69 Å². The van der Waals surface area contributed by atoms with E-state index in [4.69, 9.17) is 11.6 Å². The molecule has 0 aliphatic heterocycles. The van der Waals surface area contributed by atoms with E-state index in [0.717, 1.165) is 15.7 Å². The van der Waals surface area contributed by atoms with Gasteiger partial charge >= 0.3 is 0 Å². The quantitative estimate of drug-likeness (QED) is 0.464. The number of carbonyl (C=O) groups excluding carboxylic acids is 1. The summed E-state index contributed by atoms with van der Waals surface area (Å²) in [6.07, 6.45) is 1.57. The number of hydrogen-bond donors (Lipinski definition) is 0. The van der Waals surface area contributed by atoms with Crippen LogP contribution < -0.4 is 0 Å². The molecule has 0 unspecified atom stereocenters. The van der Waals surface area contributed by atoms with Crippen molar-refractivity contribution in [2.45, 2.75) is 10.6 Å². The highest BCUT2D eigenvalue weighted by atomic mass is 35.5. The topological polar surface area (TPSA) is 29.4 Å². The minimum Gasteiger partial charge on any atom is -0.211 e. The Morgan fingerprint density at radius 1 is 1.11 bits per heavy atom. The van der Waals surface area contributed by atoms with Crippen molar-refractivity contribution in [3.8, 4) is 0 Å². The number of isocyanates is 1. The number of rotatable bonds is 4. The number of nitrogens with zero attached hydrogens (tertiary/aromatic N) is 1. The Bertz CT molecular complexity index is 577. The first-order valence-electron chi connectivity index (χ1n) is 5.34. The Balaban J connectivity index is 2.10. The Labute approximate surface area is 115 Å². The van der Waals surface area contributed by atoms with E-state index in [1.807, 2.05) is 42.5 Å². The van der Waals surface area contributed by atoms with Crippen molar-refractivity contribution in [3.05, 3.63) is 59.1 Å². The minimum atomic E-state index is 0.659. The molecule has 4 heteroatoms. The normalized spacial score (nSPS) is 9.83. The molecule has 0 aliphatic rings. The largest absolute Gasteiger partial charge is 0.240 e. The first kappa shape index (κ1) is 12.9. The molecule has 0 amide bonds. The summed E-state index contributed by atoms with van der Waals surface area (Å²) in [6, 6.07) is 15.2. The van der Waals surface area contributed by atoms with Crippen LogP contribution in [-0.2, 0) is 10.5 Å². The van der Waals surface area contributed by atoms with Crippen LogP contribution in [0, 0.1) is 0 Å². The molecule has 0 atom stereocenters. The number of halogens is 1. The summed E-state index contributed by atoms with van der Waals surface area (Å²) in [6.45, 7) is 0. The molecule has 2 rings (SSSR count). The van der Waals surface area contributed by atoms with Crippen molar-refractivity contribution in [1.82, 2.24) is 0 Å². The molecule has 0 aliphatic carbocycles. The summed E-state index contributed by atoms with van der Waals surface area (Å²) in [5.41, 5.74) is 1.83. The van der Waals surface area contributed by atoms with Crippen LogP contribution >= 0.6 is 23.4 Å². The van der Waals surface area contributed by atoms with E-state index in [1.54, 1.807) is 23.9 Å².